The first-order valence-corrected chi connectivity index (χ1v) is 4.09. The van der Waals surface area contributed by atoms with Crippen LogP contribution in [0, 0.1) is 0 Å². The summed E-state index contributed by atoms with van der Waals surface area (Å²) < 4.78 is 0. The molecule has 0 aromatic heterocycles. The minimum Gasteiger partial charge on any atom is -0.394 e. The van der Waals surface area contributed by atoms with E-state index in [9.17, 15) is 14.4 Å². The summed E-state index contributed by atoms with van der Waals surface area (Å²) in [5, 5.41) is 35.4. The van der Waals surface area contributed by atoms with Crippen molar-refractivity contribution in [2.75, 3.05) is 6.61 Å². The van der Waals surface area contributed by atoms with Gasteiger partial charge in [-0.05, 0) is 0 Å². The van der Waals surface area contributed by atoms with E-state index in [0.717, 1.165) is 0 Å². The second kappa shape index (κ2) is 6.36. The second-order valence-corrected chi connectivity index (χ2v) is 2.91. The van der Waals surface area contributed by atoms with Crippen molar-refractivity contribution in [3.05, 3.63) is 0 Å². The predicted molar refractivity (Wildman–Crippen MR) is 45.8 cm³/mol. The Labute approximate surface area is 85.0 Å². The SMILES string of the molecule is O=CC(=O)CC(=O)C(O)C(O)C(O)CO. The molecule has 0 aliphatic rings. The third-order valence-electron chi connectivity index (χ3n) is 1.71. The van der Waals surface area contributed by atoms with Crippen LogP contribution in [0.25, 0.3) is 0 Å². The molecule has 0 rings (SSSR count). The molecule has 15 heavy (non-hydrogen) atoms. The molecule has 3 unspecified atom stereocenters. The zero-order valence-corrected chi connectivity index (χ0v) is 7.74. The average molecular weight is 220 g/mol. The Morgan fingerprint density at radius 3 is 2.13 bits per heavy atom. The Morgan fingerprint density at radius 2 is 1.73 bits per heavy atom. The lowest BCUT2D eigenvalue weighted by molar-refractivity contribution is -0.144. The molecule has 7 heteroatoms. The molecule has 0 aromatic carbocycles. The third-order valence-corrected chi connectivity index (χ3v) is 1.71. The molecule has 0 aromatic rings. The van der Waals surface area contributed by atoms with Gasteiger partial charge in [0.1, 0.15) is 18.3 Å². The number of aliphatic hydroxyl groups excluding tert-OH is 4. The van der Waals surface area contributed by atoms with Gasteiger partial charge in [-0.1, -0.05) is 0 Å². The highest BCUT2D eigenvalue weighted by Gasteiger charge is 2.30. The number of rotatable bonds is 7. The Morgan fingerprint density at radius 1 is 1.20 bits per heavy atom. The fraction of sp³-hybridized carbons (Fsp3) is 0.625. The molecule has 0 saturated heterocycles. The molecular weight excluding hydrogens is 208 g/mol. The summed E-state index contributed by atoms with van der Waals surface area (Å²) in [7, 11) is 0. The van der Waals surface area contributed by atoms with Crippen molar-refractivity contribution in [2.24, 2.45) is 0 Å². The van der Waals surface area contributed by atoms with Crippen LogP contribution in [0.15, 0.2) is 0 Å². The molecule has 0 fully saturated rings. The highest BCUT2D eigenvalue weighted by atomic mass is 16.4. The summed E-state index contributed by atoms with van der Waals surface area (Å²) in [5.41, 5.74) is 0. The highest BCUT2D eigenvalue weighted by molar-refractivity contribution is 6.29. The van der Waals surface area contributed by atoms with Crippen LogP contribution >= 0.6 is 0 Å². The van der Waals surface area contributed by atoms with E-state index in [4.69, 9.17) is 20.4 Å². The van der Waals surface area contributed by atoms with Crippen molar-refractivity contribution >= 4 is 17.9 Å². The molecule has 0 spiro atoms. The van der Waals surface area contributed by atoms with Crippen molar-refractivity contribution < 1.29 is 34.8 Å². The van der Waals surface area contributed by atoms with Gasteiger partial charge in [0.15, 0.2) is 12.1 Å². The molecule has 7 nitrogen and oxygen atoms in total. The second-order valence-electron chi connectivity index (χ2n) is 2.91. The number of Topliss-reactive ketones (excluding diaryl/α,β-unsaturated/α-hetero) is 2. The van der Waals surface area contributed by atoms with Crippen molar-refractivity contribution in [1.82, 2.24) is 0 Å². The first-order valence-electron chi connectivity index (χ1n) is 4.09. The molecule has 86 valence electrons. The number of hydrogen-bond acceptors (Lipinski definition) is 7. The molecule has 0 saturated carbocycles. The minimum atomic E-state index is -2.00. The van der Waals surface area contributed by atoms with Crippen LogP contribution in [0.3, 0.4) is 0 Å². The fourth-order valence-corrected chi connectivity index (χ4v) is 0.827. The number of carbonyl (C=O) groups is 3. The van der Waals surface area contributed by atoms with Crippen molar-refractivity contribution in [2.45, 2.75) is 24.7 Å². The van der Waals surface area contributed by atoms with Gasteiger partial charge in [-0.15, -0.1) is 0 Å². The van der Waals surface area contributed by atoms with Gasteiger partial charge >= 0.3 is 0 Å². The van der Waals surface area contributed by atoms with E-state index in [1.54, 1.807) is 0 Å². The number of ketones is 2. The number of carbonyl (C=O) groups excluding carboxylic acids is 3. The predicted octanol–water partition coefficient (Wildman–Crippen LogP) is -3.21. The van der Waals surface area contributed by atoms with E-state index in [0.29, 0.717) is 0 Å². The van der Waals surface area contributed by atoms with E-state index >= 15 is 0 Å². The maximum atomic E-state index is 11.0. The van der Waals surface area contributed by atoms with Crippen LogP contribution in [0.2, 0.25) is 0 Å². The highest BCUT2D eigenvalue weighted by Crippen LogP contribution is 2.03. The van der Waals surface area contributed by atoms with Crippen LogP contribution < -0.4 is 0 Å². The third kappa shape index (κ3) is 4.26. The molecule has 0 radical (unpaired) electrons. The Hall–Kier alpha value is -1.15. The lowest BCUT2D eigenvalue weighted by Crippen LogP contribution is -2.44. The first kappa shape index (κ1) is 13.8. The van der Waals surface area contributed by atoms with Gasteiger partial charge in [0.2, 0.25) is 5.78 Å². The molecule has 0 amide bonds. The van der Waals surface area contributed by atoms with E-state index in [1.165, 1.54) is 0 Å². The Bertz CT molecular complexity index is 249. The first-order chi connectivity index (χ1) is 6.93. The molecule has 0 bridgehead atoms. The standard InChI is InChI=1S/C8H12O7/c9-2-4(11)1-5(12)7(14)8(15)6(13)3-10/h2,6-8,10,13-15H,1,3H2. The van der Waals surface area contributed by atoms with E-state index in [2.05, 4.69) is 0 Å². The van der Waals surface area contributed by atoms with Crippen molar-refractivity contribution in [1.29, 1.82) is 0 Å². The van der Waals surface area contributed by atoms with Crippen LogP contribution in [0.4, 0.5) is 0 Å². The monoisotopic (exact) mass is 220 g/mol. The number of hydrogen-bond donors (Lipinski definition) is 4. The van der Waals surface area contributed by atoms with Crippen LogP contribution in [0.5, 0.6) is 0 Å². The van der Waals surface area contributed by atoms with Gasteiger partial charge in [-0.2, -0.15) is 0 Å². The quantitative estimate of drug-likeness (QED) is 0.201. The molecule has 0 aliphatic heterocycles. The Balaban J connectivity index is 4.31. The van der Waals surface area contributed by atoms with Crippen LogP contribution in [-0.4, -0.2) is 63.2 Å². The maximum Gasteiger partial charge on any atom is 0.202 e. The van der Waals surface area contributed by atoms with Crippen molar-refractivity contribution in [3.63, 3.8) is 0 Å². The Kier molecular flexibility index (Phi) is 5.87. The number of aldehydes is 1. The van der Waals surface area contributed by atoms with Gasteiger partial charge in [-0.3, -0.25) is 14.4 Å². The van der Waals surface area contributed by atoms with Gasteiger partial charge < -0.3 is 20.4 Å². The largest absolute Gasteiger partial charge is 0.394 e. The number of aliphatic hydroxyl groups is 4. The molecular formula is C8H12O7. The molecule has 0 heterocycles. The summed E-state index contributed by atoms with van der Waals surface area (Å²) >= 11 is 0. The normalized spacial score (nSPS) is 16.5. The summed E-state index contributed by atoms with van der Waals surface area (Å²) in [6.45, 7) is -0.840. The molecule has 4 N–H and O–H groups in total. The summed E-state index contributed by atoms with van der Waals surface area (Å²) in [6, 6.07) is 0. The van der Waals surface area contributed by atoms with E-state index < -0.39 is 42.9 Å². The topological polar surface area (TPSA) is 132 Å². The summed E-state index contributed by atoms with van der Waals surface area (Å²) in [5.74, 6) is -2.13. The van der Waals surface area contributed by atoms with Gasteiger partial charge in [0.25, 0.3) is 0 Å². The minimum absolute atomic E-state index is 0.0839. The van der Waals surface area contributed by atoms with E-state index in [-0.39, 0.29) is 6.29 Å². The van der Waals surface area contributed by atoms with Gasteiger partial charge in [0, 0.05) is 0 Å². The zero-order chi connectivity index (χ0) is 12.0. The zero-order valence-electron chi connectivity index (χ0n) is 7.74. The maximum absolute atomic E-state index is 11.0. The average Bonchev–Trinajstić information content (AvgIpc) is 2.25. The smallest absolute Gasteiger partial charge is 0.202 e. The lowest BCUT2D eigenvalue weighted by atomic mass is 10.0. The molecule has 3 atom stereocenters. The van der Waals surface area contributed by atoms with E-state index in [1.807, 2.05) is 0 Å². The molecule has 0 aliphatic carbocycles. The van der Waals surface area contributed by atoms with Gasteiger partial charge in [0.05, 0.1) is 13.0 Å². The van der Waals surface area contributed by atoms with Crippen molar-refractivity contribution in [3.8, 4) is 0 Å². The lowest BCUT2D eigenvalue weighted by Gasteiger charge is -2.19. The van der Waals surface area contributed by atoms with Gasteiger partial charge in [-0.25, -0.2) is 0 Å². The summed E-state index contributed by atoms with van der Waals surface area (Å²) in [6.07, 6.45) is -6.51. The summed E-state index contributed by atoms with van der Waals surface area (Å²) in [4.78, 5) is 31.4. The fourth-order valence-electron chi connectivity index (χ4n) is 0.827. The van der Waals surface area contributed by atoms with Crippen LogP contribution in [0.1, 0.15) is 6.42 Å². The van der Waals surface area contributed by atoms with Crippen LogP contribution in [-0.2, 0) is 14.4 Å².